The van der Waals surface area contributed by atoms with E-state index in [2.05, 4.69) is 15.4 Å². The number of hydrogen-bond acceptors (Lipinski definition) is 4. The Bertz CT molecular complexity index is 476. The summed E-state index contributed by atoms with van der Waals surface area (Å²) in [7, 11) is 0. The number of nitrogens with one attached hydrogen (secondary N) is 1. The molecule has 1 atom stereocenters. The monoisotopic (exact) mass is 218 g/mol. The average molecular weight is 218 g/mol. The Balaban J connectivity index is 1.75. The van der Waals surface area contributed by atoms with Crippen LogP contribution < -0.4 is 10.1 Å². The van der Waals surface area contributed by atoms with Crippen LogP contribution in [0.3, 0.4) is 0 Å². The van der Waals surface area contributed by atoms with Crippen molar-refractivity contribution >= 4 is 5.52 Å². The molecule has 3 rings (SSSR count). The van der Waals surface area contributed by atoms with E-state index < -0.39 is 0 Å². The predicted octanol–water partition coefficient (Wildman–Crippen LogP) is 0.718. The lowest BCUT2D eigenvalue weighted by Crippen LogP contribution is -2.16. The standard InChI is InChI=1S/C11H14N4O/c1-3-12-7-9(1)8-16-11-10-2-4-14-15(10)6-5-13-11/h2,4-6,9,12H,1,3,7-8H2. The van der Waals surface area contributed by atoms with Gasteiger partial charge in [0.25, 0.3) is 0 Å². The maximum Gasteiger partial charge on any atom is 0.240 e. The first-order chi connectivity index (χ1) is 7.93. The quantitative estimate of drug-likeness (QED) is 0.824. The van der Waals surface area contributed by atoms with E-state index in [0.717, 1.165) is 25.2 Å². The van der Waals surface area contributed by atoms with Gasteiger partial charge in [-0.3, -0.25) is 0 Å². The maximum atomic E-state index is 5.75. The zero-order valence-corrected chi connectivity index (χ0v) is 8.97. The van der Waals surface area contributed by atoms with Crippen LogP contribution in [0.25, 0.3) is 5.52 Å². The molecule has 0 aromatic carbocycles. The summed E-state index contributed by atoms with van der Waals surface area (Å²) >= 11 is 0. The third-order valence-corrected chi connectivity index (χ3v) is 2.91. The van der Waals surface area contributed by atoms with E-state index in [1.165, 1.54) is 6.42 Å². The van der Waals surface area contributed by atoms with E-state index in [1.54, 1.807) is 16.9 Å². The van der Waals surface area contributed by atoms with E-state index >= 15 is 0 Å². The maximum absolute atomic E-state index is 5.75. The molecule has 3 heterocycles. The summed E-state index contributed by atoms with van der Waals surface area (Å²) in [4.78, 5) is 4.24. The topological polar surface area (TPSA) is 51.5 Å². The molecule has 1 N–H and O–H groups in total. The van der Waals surface area contributed by atoms with Gasteiger partial charge in [-0.15, -0.1) is 0 Å². The van der Waals surface area contributed by atoms with Crippen molar-refractivity contribution in [3.05, 3.63) is 24.7 Å². The van der Waals surface area contributed by atoms with Gasteiger partial charge in [0, 0.05) is 24.9 Å². The third kappa shape index (κ3) is 1.74. The summed E-state index contributed by atoms with van der Waals surface area (Å²) in [6.45, 7) is 2.87. The van der Waals surface area contributed by atoms with Gasteiger partial charge in [0.2, 0.25) is 5.88 Å². The van der Waals surface area contributed by atoms with Crippen LogP contribution in [0, 0.1) is 5.92 Å². The predicted molar refractivity (Wildman–Crippen MR) is 59.5 cm³/mol. The molecule has 1 fully saturated rings. The Hall–Kier alpha value is -1.62. The zero-order valence-electron chi connectivity index (χ0n) is 8.97. The number of nitrogens with zero attached hydrogens (tertiary/aromatic N) is 3. The number of hydrogen-bond donors (Lipinski definition) is 1. The van der Waals surface area contributed by atoms with Gasteiger partial charge in [-0.05, 0) is 19.0 Å². The second-order valence-electron chi connectivity index (χ2n) is 4.06. The summed E-state index contributed by atoms with van der Waals surface area (Å²) in [5.74, 6) is 1.27. The van der Waals surface area contributed by atoms with Gasteiger partial charge in [0.05, 0.1) is 12.8 Å². The molecule has 0 amide bonds. The van der Waals surface area contributed by atoms with Gasteiger partial charge in [-0.2, -0.15) is 5.10 Å². The normalized spacial score (nSPS) is 20.4. The van der Waals surface area contributed by atoms with E-state index in [9.17, 15) is 0 Å². The molecule has 16 heavy (non-hydrogen) atoms. The highest BCUT2D eigenvalue weighted by molar-refractivity contribution is 5.54. The molecule has 1 aliphatic heterocycles. The molecule has 0 aliphatic carbocycles. The van der Waals surface area contributed by atoms with Crippen LogP contribution in [0.4, 0.5) is 0 Å². The lowest BCUT2D eigenvalue weighted by Gasteiger charge is -2.10. The van der Waals surface area contributed by atoms with Gasteiger partial charge < -0.3 is 10.1 Å². The SMILES string of the molecule is c1cn2nccc2c(OCC2CCNC2)n1. The van der Waals surface area contributed by atoms with Gasteiger partial charge in [0.15, 0.2) is 0 Å². The van der Waals surface area contributed by atoms with E-state index in [-0.39, 0.29) is 0 Å². The summed E-state index contributed by atoms with van der Waals surface area (Å²) < 4.78 is 7.52. The van der Waals surface area contributed by atoms with Gasteiger partial charge in [0.1, 0.15) is 5.52 Å². The zero-order chi connectivity index (χ0) is 10.8. The first-order valence-corrected chi connectivity index (χ1v) is 5.55. The van der Waals surface area contributed by atoms with E-state index in [4.69, 9.17) is 4.74 Å². The fraction of sp³-hybridized carbons (Fsp3) is 0.455. The molecule has 2 aromatic heterocycles. The van der Waals surface area contributed by atoms with Crippen molar-refractivity contribution in [2.75, 3.05) is 19.7 Å². The minimum Gasteiger partial charge on any atom is -0.476 e. The first-order valence-electron chi connectivity index (χ1n) is 5.55. The molecule has 1 aliphatic rings. The lowest BCUT2D eigenvalue weighted by atomic mass is 10.1. The van der Waals surface area contributed by atoms with Crippen LogP contribution in [-0.2, 0) is 0 Å². The number of rotatable bonds is 3. The van der Waals surface area contributed by atoms with Gasteiger partial charge in [-0.25, -0.2) is 9.50 Å². The summed E-state index contributed by atoms with van der Waals surface area (Å²) in [6, 6.07) is 1.91. The van der Waals surface area contributed by atoms with Crippen LogP contribution in [0.2, 0.25) is 0 Å². The van der Waals surface area contributed by atoms with Crippen LogP contribution in [0.15, 0.2) is 24.7 Å². The Labute approximate surface area is 93.4 Å². The molecule has 1 unspecified atom stereocenters. The highest BCUT2D eigenvalue weighted by Crippen LogP contribution is 2.17. The average Bonchev–Trinajstić information content (AvgIpc) is 2.97. The summed E-state index contributed by atoms with van der Waals surface area (Å²) in [5.41, 5.74) is 0.924. The molecule has 0 saturated carbocycles. The van der Waals surface area contributed by atoms with Crippen molar-refractivity contribution in [2.24, 2.45) is 5.92 Å². The molecule has 0 bridgehead atoms. The molecule has 84 valence electrons. The van der Waals surface area contributed by atoms with Crippen LogP contribution >= 0.6 is 0 Å². The Kier molecular flexibility index (Phi) is 2.46. The van der Waals surface area contributed by atoms with Crippen LogP contribution in [0.5, 0.6) is 5.88 Å². The minimum absolute atomic E-state index is 0.602. The van der Waals surface area contributed by atoms with Crippen molar-refractivity contribution in [2.45, 2.75) is 6.42 Å². The molecule has 5 heteroatoms. The molecular formula is C11H14N4O. The Morgan fingerprint density at radius 2 is 2.50 bits per heavy atom. The highest BCUT2D eigenvalue weighted by Gasteiger charge is 2.15. The minimum atomic E-state index is 0.602. The number of ether oxygens (including phenoxy) is 1. The largest absolute Gasteiger partial charge is 0.476 e. The molecular weight excluding hydrogens is 204 g/mol. The Morgan fingerprint density at radius 1 is 1.50 bits per heavy atom. The van der Waals surface area contributed by atoms with Crippen molar-refractivity contribution in [3.8, 4) is 5.88 Å². The van der Waals surface area contributed by atoms with E-state index in [1.807, 2.05) is 12.3 Å². The van der Waals surface area contributed by atoms with Crippen LogP contribution in [-0.4, -0.2) is 34.3 Å². The number of fused-ring (bicyclic) bond motifs is 1. The molecule has 5 nitrogen and oxygen atoms in total. The molecule has 2 aromatic rings. The lowest BCUT2D eigenvalue weighted by molar-refractivity contribution is 0.253. The van der Waals surface area contributed by atoms with Crippen LogP contribution in [0.1, 0.15) is 6.42 Å². The van der Waals surface area contributed by atoms with Gasteiger partial charge >= 0.3 is 0 Å². The van der Waals surface area contributed by atoms with Crippen molar-refractivity contribution in [1.29, 1.82) is 0 Å². The summed E-state index contributed by atoms with van der Waals surface area (Å²) in [6.07, 6.45) is 6.46. The second-order valence-corrected chi connectivity index (χ2v) is 4.06. The smallest absolute Gasteiger partial charge is 0.240 e. The molecule has 1 saturated heterocycles. The van der Waals surface area contributed by atoms with Crippen molar-refractivity contribution in [3.63, 3.8) is 0 Å². The summed E-state index contributed by atoms with van der Waals surface area (Å²) in [5, 5.41) is 7.47. The Morgan fingerprint density at radius 3 is 3.38 bits per heavy atom. The molecule has 0 radical (unpaired) electrons. The fourth-order valence-electron chi connectivity index (χ4n) is 2.00. The highest BCUT2D eigenvalue weighted by atomic mass is 16.5. The fourth-order valence-corrected chi connectivity index (χ4v) is 2.00. The first kappa shape index (κ1) is 9.59. The molecule has 0 spiro atoms. The second kappa shape index (κ2) is 4.09. The third-order valence-electron chi connectivity index (χ3n) is 2.91. The van der Waals surface area contributed by atoms with Gasteiger partial charge in [-0.1, -0.05) is 0 Å². The number of aromatic nitrogens is 3. The van der Waals surface area contributed by atoms with E-state index in [0.29, 0.717) is 11.8 Å². The van der Waals surface area contributed by atoms with Crippen molar-refractivity contribution in [1.82, 2.24) is 19.9 Å². The van der Waals surface area contributed by atoms with Crippen molar-refractivity contribution < 1.29 is 4.74 Å².